The topological polar surface area (TPSA) is 73.6 Å². The molecule has 1 rings (SSSR count). The summed E-state index contributed by atoms with van der Waals surface area (Å²) in [5, 5.41) is 2.86. The van der Waals surface area contributed by atoms with Crippen molar-refractivity contribution >= 4 is 18.3 Å². The van der Waals surface area contributed by atoms with Gasteiger partial charge in [0.15, 0.2) is 0 Å². The molecule has 114 valence electrons. The van der Waals surface area contributed by atoms with Gasteiger partial charge < -0.3 is 20.5 Å². The predicted octanol–water partition coefficient (Wildman–Crippen LogP) is 1.24. The molecular weight excluding hydrogens is 268 g/mol. The highest BCUT2D eigenvalue weighted by Gasteiger charge is 2.23. The van der Waals surface area contributed by atoms with Gasteiger partial charge in [-0.2, -0.15) is 0 Å². The van der Waals surface area contributed by atoms with Crippen LogP contribution in [0.5, 0.6) is 0 Å². The molecule has 1 heterocycles. The zero-order valence-corrected chi connectivity index (χ0v) is 12.9. The van der Waals surface area contributed by atoms with Gasteiger partial charge in [-0.15, -0.1) is 12.4 Å². The first-order valence-corrected chi connectivity index (χ1v) is 6.70. The minimum absolute atomic E-state index is 0. The van der Waals surface area contributed by atoms with Gasteiger partial charge in [-0.25, -0.2) is 0 Å². The summed E-state index contributed by atoms with van der Waals surface area (Å²) in [4.78, 5) is 11.9. The maximum atomic E-state index is 11.9. The molecule has 2 atom stereocenters. The third-order valence-electron chi connectivity index (χ3n) is 3.15. The number of hydrogen-bond donors (Lipinski definition) is 2. The Hall–Kier alpha value is -0.360. The van der Waals surface area contributed by atoms with Crippen LogP contribution < -0.4 is 11.1 Å². The average Bonchev–Trinajstić information content (AvgIpc) is 2.36. The van der Waals surface area contributed by atoms with Gasteiger partial charge in [0, 0.05) is 18.7 Å². The molecule has 3 N–H and O–H groups in total. The minimum Gasteiger partial charge on any atom is -0.376 e. The molecule has 0 bridgehead atoms. The average molecular weight is 295 g/mol. The lowest BCUT2D eigenvalue weighted by atomic mass is 10.1. The van der Waals surface area contributed by atoms with Crippen molar-refractivity contribution in [2.24, 2.45) is 5.73 Å². The number of carbonyl (C=O) groups excluding carboxylic acids is 1. The molecule has 0 spiro atoms. The van der Waals surface area contributed by atoms with E-state index >= 15 is 0 Å². The second-order valence-electron chi connectivity index (χ2n) is 5.54. The molecule has 2 unspecified atom stereocenters. The van der Waals surface area contributed by atoms with E-state index in [0.717, 1.165) is 19.4 Å². The van der Waals surface area contributed by atoms with Crippen molar-refractivity contribution in [3.63, 3.8) is 0 Å². The largest absolute Gasteiger partial charge is 0.376 e. The van der Waals surface area contributed by atoms with E-state index in [1.165, 1.54) is 6.42 Å². The highest BCUT2D eigenvalue weighted by Crippen LogP contribution is 2.13. The number of nitrogens with one attached hydrogen (secondary N) is 1. The first kappa shape index (κ1) is 18.6. The summed E-state index contributed by atoms with van der Waals surface area (Å²) in [5.41, 5.74) is 5.18. The summed E-state index contributed by atoms with van der Waals surface area (Å²) in [6, 6.07) is 0. The Morgan fingerprint density at radius 3 is 2.74 bits per heavy atom. The summed E-state index contributed by atoms with van der Waals surface area (Å²) in [5.74, 6) is -0.124. The van der Waals surface area contributed by atoms with Crippen molar-refractivity contribution in [1.82, 2.24) is 5.32 Å². The van der Waals surface area contributed by atoms with Gasteiger partial charge in [0.1, 0.15) is 6.10 Å². The quantitative estimate of drug-likeness (QED) is 0.773. The van der Waals surface area contributed by atoms with E-state index < -0.39 is 11.6 Å². The lowest BCUT2D eigenvalue weighted by molar-refractivity contribution is -0.137. The van der Waals surface area contributed by atoms with Crippen molar-refractivity contribution in [2.75, 3.05) is 19.8 Å². The number of carbonyl (C=O) groups is 1. The van der Waals surface area contributed by atoms with Crippen molar-refractivity contribution in [3.05, 3.63) is 0 Å². The van der Waals surface area contributed by atoms with Gasteiger partial charge in [-0.05, 0) is 40.0 Å². The Balaban J connectivity index is 0.00000324. The van der Waals surface area contributed by atoms with Crippen LogP contribution in [0.1, 0.15) is 40.0 Å². The van der Waals surface area contributed by atoms with Crippen LogP contribution in [0.25, 0.3) is 0 Å². The lowest BCUT2D eigenvalue weighted by Crippen LogP contribution is -2.52. The van der Waals surface area contributed by atoms with Crippen LogP contribution in [-0.2, 0) is 14.3 Å². The summed E-state index contributed by atoms with van der Waals surface area (Å²) in [6.45, 7) is 7.22. The zero-order valence-electron chi connectivity index (χ0n) is 12.1. The highest BCUT2D eigenvalue weighted by atomic mass is 35.5. The van der Waals surface area contributed by atoms with E-state index in [4.69, 9.17) is 15.2 Å². The fourth-order valence-corrected chi connectivity index (χ4v) is 1.75. The first-order valence-electron chi connectivity index (χ1n) is 6.70. The Kier molecular flexibility index (Phi) is 8.57. The van der Waals surface area contributed by atoms with Crippen LogP contribution in [0.15, 0.2) is 0 Å². The Bertz CT molecular complexity index is 269. The van der Waals surface area contributed by atoms with E-state index in [1.807, 2.05) is 13.8 Å². The number of halogens is 1. The molecule has 1 amide bonds. The van der Waals surface area contributed by atoms with E-state index in [0.29, 0.717) is 13.2 Å². The van der Waals surface area contributed by atoms with Gasteiger partial charge in [0.05, 0.1) is 12.7 Å². The molecule has 1 saturated heterocycles. The SMILES string of the molecule is CC(OCC1CCCCO1)C(=O)NC(C)(C)CN.Cl. The maximum Gasteiger partial charge on any atom is 0.249 e. The second kappa shape index (κ2) is 8.74. The number of rotatable bonds is 6. The molecule has 0 saturated carbocycles. The van der Waals surface area contributed by atoms with Gasteiger partial charge in [-0.1, -0.05) is 0 Å². The number of amides is 1. The number of ether oxygens (including phenoxy) is 2. The summed E-state index contributed by atoms with van der Waals surface area (Å²) in [7, 11) is 0. The Morgan fingerprint density at radius 1 is 1.53 bits per heavy atom. The van der Waals surface area contributed by atoms with Crippen molar-refractivity contribution < 1.29 is 14.3 Å². The molecular formula is C13H27ClN2O3. The zero-order chi connectivity index (χ0) is 13.6. The third kappa shape index (κ3) is 7.11. The molecule has 6 heteroatoms. The van der Waals surface area contributed by atoms with Gasteiger partial charge in [0.25, 0.3) is 0 Å². The molecule has 1 aliphatic heterocycles. The van der Waals surface area contributed by atoms with Crippen molar-refractivity contribution in [3.8, 4) is 0 Å². The van der Waals surface area contributed by atoms with Crippen LogP contribution in [0.2, 0.25) is 0 Å². The van der Waals surface area contributed by atoms with Crippen LogP contribution in [-0.4, -0.2) is 43.4 Å². The standard InChI is InChI=1S/C13H26N2O3.ClH/c1-10(12(16)15-13(2,3)9-14)18-8-11-6-4-5-7-17-11;/h10-11H,4-9,14H2,1-3H3,(H,15,16);1H. The molecule has 0 radical (unpaired) electrons. The molecule has 0 aromatic rings. The Morgan fingerprint density at radius 2 is 2.21 bits per heavy atom. The Labute approximate surface area is 122 Å². The predicted molar refractivity (Wildman–Crippen MR) is 77.5 cm³/mol. The smallest absolute Gasteiger partial charge is 0.249 e. The summed E-state index contributed by atoms with van der Waals surface area (Å²) < 4.78 is 11.1. The van der Waals surface area contributed by atoms with E-state index in [2.05, 4.69) is 5.32 Å². The van der Waals surface area contributed by atoms with Crippen molar-refractivity contribution in [1.29, 1.82) is 0 Å². The van der Waals surface area contributed by atoms with Crippen LogP contribution in [0, 0.1) is 0 Å². The first-order chi connectivity index (χ1) is 8.44. The van der Waals surface area contributed by atoms with Crippen LogP contribution in [0.3, 0.4) is 0 Å². The second-order valence-corrected chi connectivity index (χ2v) is 5.54. The molecule has 1 fully saturated rings. The summed E-state index contributed by atoms with van der Waals surface area (Å²) in [6.07, 6.45) is 2.98. The maximum absolute atomic E-state index is 11.9. The van der Waals surface area contributed by atoms with Gasteiger partial charge in [0.2, 0.25) is 5.91 Å². The third-order valence-corrected chi connectivity index (χ3v) is 3.15. The molecule has 19 heavy (non-hydrogen) atoms. The van der Waals surface area contributed by atoms with E-state index in [-0.39, 0.29) is 24.4 Å². The fraction of sp³-hybridized carbons (Fsp3) is 0.923. The molecule has 5 nitrogen and oxygen atoms in total. The highest BCUT2D eigenvalue weighted by molar-refractivity contribution is 5.85. The normalized spacial score (nSPS) is 21.4. The van der Waals surface area contributed by atoms with E-state index in [9.17, 15) is 4.79 Å². The molecule has 0 aliphatic carbocycles. The van der Waals surface area contributed by atoms with Crippen LogP contribution >= 0.6 is 12.4 Å². The van der Waals surface area contributed by atoms with E-state index in [1.54, 1.807) is 6.92 Å². The fourth-order valence-electron chi connectivity index (χ4n) is 1.75. The lowest BCUT2D eigenvalue weighted by Gasteiger charge is -2.27. The van der Waals surface area contributed by atoms with Crippen molar-refractivity contribution in [2.45, 2.75) is 57.8 Å². The molecule has 1 aliphatic rings. The minimum atomic E-state index is -0.471. The van der Waals surface area contributed by atoms with Crippen LogP contribution in [0.4, 0.5) is 0 Å². The summed E-state index contributed by atoms with van der Waals surface area (Å²) >= 11 is 0. The monoisotopic (exact) mass is 294 g/mol. The van der Waals surface area contributed by atoms with Gasteiger partial charge >= 0.3 is 0 Å². The molecule has 0 aromatic carbocycles. The number of nitrogens with two attached hydrogens (primary N) is 1. The number of hydrogen-bond acceptors (Lipinski definition) is 4. The molecule has 0 aromatic heterocycles. The van der Waals surface area contributed by atoms with Gasteiger partial charge in [-0.3, -0.25) is 4.79 Å².